The van der Waals surface area contributed by atoms with E-state index in [2.05, 4.69) is 26.6 Å². The first-order valence-corrected chi connectivity index (χ1v) is 10.6. The molecule has 0 aliphatic rings. The van der Waals surface area contributed by atoms with E-state index in [4.69, 9.17) is 4.42 Å². The molecule has 1 unspecified atom stereocenters. The molecular weight excluding hydrogens is 462 g/mol. The standard InChI is InChI=1S/C23H24BrN3O4/c1-13-11-16(24)9-10-18(13)25-20(29)12-27(4)14(2)23(30)26-21-17-7-5-6-8-19(17)31-22(21)15(3)28/h5-11,14H,12H2,1-4H3,(H,25,29)(H,26,30). The van der Waals surface area contributed by atoms with Gasteiger partial charge < -0.3 is 15.1 Å². The van der Waals surface area contributed by atoms with Crippen LogP contribution in [-0.2, 0) is 9.59 Å². The minimum absolute atomic E-state index is 0.0236. The molecule has 0 bridgehead atoms. The molecule has 8 heteroatoms. The van der Waals surface area contributed by atoms with Crippen LogP contribution >= 0.6 is 15.9 Å². The summed E-state index contributed by atoms with van der Waals surface area (Å²) in [6, 6.07) is 12.1. The van der Waals surface area contributed by atoms with Crippen molar-refractivity contribution in [2.24, 2.45) is 0 Å². The number of aryl methyl sites for hydroxylation is 1. The fraction of sp³-hybridized carbons (Fsp3) is 0.261. The Balaban J connectivity index is 1.68. The molecule has 2 amide bonds. The molecule has 3 aromatic rings. The van der Waals surface area contributed by atoms with Gasteiger partial charge in [-0.2, -0.15) is 0 Å². The summed E-state index contributed by atoms with van der Waals surface area (Å²) in [4.78, 5) is 38.9. The van der Waals surface area contributed by atoms with Gasteiger partial charge in [-0.1, -0.05) is 28.1 Å². The van der Waals surface area contributed by atoms with E-state index in [1.807, 2.05) is 25.1 Å². The zero-order valence-electron chi connectivity index (χ0n) is 17.8. The number of fused-ring (bicyclic) bond motifs is 1. The van der Waals surface area contributed by atoms with Crippen LogP contribution in [-0.4, -0.2) is 42.1 Å². The zero-order chi connectivity index (χ0) is 22.7. The summed E-state index contributed by atoms with van der Waals surface area (Å²) in [7, 11) is 1.69. The number of carbonyl (C=O) groups excluding carboxylic acids is 3. The highest BCUT2D eigenvalue weighted by Crippen LogP contribution is 2.31. The minimum atomic E-state index is -0.620. The molecular formula is C23H24BrN3O4. The first kappa shape index (κ1) is 22.7. The molecule has 0 aliphatic carbocycles. The second-order valence-electron chi connectivity index (χ2n) is 7.45. The van der Waals surface area contributed by atoms with Crippen molar-refractivity contribution in [3.63, 3.8) is 0 Å². The third kappa shape index (κ3) is 5.21. The van der Waals surface area contributed by atoms with Gasteiger partial charge in [0.15, 0.2) is 11.5 Å². The highest BCUT2D eigenvalue weighted by atomic mass is 79.9. The van der Waals surface area contributed by atoms with Gasteiger partial charge in [-0.15, -0.1) is 0 Å². The molecule has 0 radical (unpaired) electrons. The molecule has 162 valence electrons. The lowest BCUT2D eigenvalue weighted by Crippen LogP contribution is -2.43. The van der Waals surface area contributed by atoms with E-state index in [0.29, 0.717) is 16.7 Å². The molecule has 0 fully saturated rings. The quantitative estimate of drug-likeness (QED) is 0.477. The van der Waals surface area contributed by atoms with E-state index >= 15 is 0 Å². The number of ketones is 1. The molecule has 31 heavy (non-hydrogen) atoms. The molecule has 7 nitrogen and oxygen atoms in total. The number of benzene rings is 2. The second kappa shape index (κ2) is 9.45. The third-order valence-corrected chi connectivity index (χ3v) is 5.55. The van der Waals surface area contributed by atoms with E-state index in [0.717, 1.165) is 15.7 Å². The van der Waals surface area contributed by atoms with Gasteiger partial charge in [-0.25, -0.2) is 0 Å². The van der Waals surface area contributed by atoms with Crippen LogP contribution < -0.4 is 10.6 Å². The van der Waals surface area contributed by atoms with Gasteiger partial charge >= 0.3 is 0 Å². The Kier molecular flexibility index (Phi) is 6.92. The number of likely N-dealkylation sites (N-methyl/N-ethyl adjacent to an activating group) is 1. The van der Waals surface area contributed by atoms with Crippen molar-refractivity contribution >= 4 is 55.9 Å². The Morgan fingerprint density at radius 2 is 1.84 bits per heavy atom. The monoisotopic (exact) mass is 485 g/mol. The maximum absolute atomic E-state index is 12.9. The van der Waals surface area contributed by atoms with E-state index in [-0.39, 0.29) is 29.9 Å². The number of para-hydroxylation sites is 1. The highest BCUT2D eigenvalue weighted by molar-refractivity contribution is 9.10. The average Bonchev–Trinajstić information content (AvgIpc) is 3.08. The lowest BCUT2D eigenvalue weighted by molar-refractivity contribution is -0.122. The summed E-state index contributed by atoms with van der Waals surface area (Å²) in [5, 5.41) is 6.32. The van der Waals surface area contributed by atoms with Crippen LogP contribution in [0.3, 0.4) is 0 Å². The highest BCUT2D eigenvalue weighted by Gasteiger charge is 2.25. The molecule has 2 aromatic carbocycles. The molecule has 1 heterocycles. The number of rotatable bonds is 7. The largest absolute Gasteiger partial charge is 0.451 e. The Morgan fingerprint density at radius 3 is 2.52 bits per heavy atom. The van der Waals surface area contributed by atoms with Crippen LogP contribution in [0.2, 0.25) is 0 Å². The maximum Gasteiger partial charge on any atom is 0.241 e. The number of carbonyl (C=O) groups is 3. The normalized spacial score (nSPS) is 12.1. The van der Waals surface area contributed by atoms with Crippen molar-refractivity contribution in [2.45, 2.75) is 26.8 Å². The SMILES string of the molecule is CC(=O)c1oc2ccccc2c1NC(=O)C(C)N(C)CC(=O)Nc1ccc(Br)cc1C. The van der Waals surface area contributed by atoms with Crippen molar-refractivity contribution in [1.29, 1.82) is 0 Å². The zero-order valence-corrected chi connectivity index (χ0v) is 19.4. The summed E-state index contributed by atoms with van der Waals surface area (Å²) < 4.78 is 6.54. The first-order chi connectivity index (χ1) is 14.7. The van der Waals surface area contributed by atoms with Crippen molar-refractivity contribution in [3.05, 3.63) is 58.3 Å². The van der Waals surface area contributed by atoms with Crippen LogP contribution in [0.1, 0.15) is 30.0 Å². The average molecular weight is 486 g/mol. The van der Waals surface area contributed by atoms with Crippen molar-refractivity contribution < 1.29 is 18.8 Å². The summed E-state index contributed by atoms with van der Waals surface area (Å²) in [6.45, 7) is 5.01. The molecule has 0 aliphatic heterocycles. The van der Waals surface area contributed by atoms with Crippen molar-refractivity contribution in [2.75, 3.05) is 24.2 Å². The van der Waals surface area contributed by atoms with Gasteiger partial charge in [0.25, 0.3) is 0 Å². The van der Waals surface area contributed by atoms with Gasteiger partial charge in [-0.05, 0) is 56.8 Å². The van der Waals surface area contributed by atoms with Gasteiger partial charge in [0.05, 0.1) is 18.3 Å². The van der Waals surface area contributed by atoms with E-state index in [1.54, 1.807) is 43.1 Å². The molecule has 1 aromatic heterocycles. The lowest BCUT2D eigenvalue weighted by atomic mass is 10.1. The molecule has 0 spiro atoms. The molecule has 0 saturated heterocycles. The van der Waals surface area contributed by atoms with Crippen LogP contribution in [0.5, 0.6) is 0 Å². The fourth-order valence-corrected chi connectivity index (χ4v) is 3.64. The molecule has 2 N–H and O–H groups in total. The number of nitrogens with zero attached hydrogens (tertiary/aromatic N) is 1. The number of furan rings is 1. The Bertz CT molecular complexity index is 1150. The van der Waals surface area contributed by atoms with Crippen LogP contribution in [0, 0.1) is 6.92 Å². The van der Waals surface area contributed by atoms with E-state index < -0.39 is 6.04 Å². The van der Waals surface area contributed by atoms with Crippen molar-refractivity contribution in [1.82, 2.24) is 4.90 Å². The molecule has 0 saturated carbocycles. The Morgan fingerprint density at radius 1 is 1.13 bits per heavy atom. The predicted molar refractivity (Wildman–Crippen MR) is 124 cm³/mol. The number of Topliss-reactive ketones (excluding diaryl/α,β-unsaturated/α-hetero) is 1. The fourth-order valence-electron chi connectivity index (χ4n) is 3.17. The Hall–Kier alpha value is -2.97. The summed E-state index contributed by atoms with van der Waals surface area (Å²) in [6.07, 6.45) is 0. The Labute approximate surface area is 188 Å². The van der Waals surface area contributed by atoms with Crippen LogP contribution in [0.15, 0.2) is 51.4 Å². The topological polar surface area (TPSA) is 91.7 Å². The van der Waals surface area contributed by atoms with Gasteiger partial charge in [0.1, 0.15) is 5.58 Å². The van der Waals surface area contributed by atoms with Crippen LogP contribution in [0.4, 0.5) is 11.4 Å². The van der Waals surface area contributed by atoms with Gasteiger partial charge in [0, 0.05) is 22.5 Å². The smallest absolute Gasteiger partial charge is 0.241 e. The second-order valence-corrected chi connectivity index (χ2v) is 8.36. The third-order valence-electron chi connectivity index (χ3n) is 5.06. The number of hydrogen-bond acceptors (Lipinski definition) is 5. The number of hydrogen-bond donors (Lipinski definition) is 2. The number of halogens is 1. The van der Waals surface area contributed by atoms with E-state index in [1.165, 1.54) is 6.92 Å². The lowest BCUT2D eigenvalue weighted by Gasteiger charge is -2.23. The maximum atomic E-state index is 12.9. The first-order valence-electron chi connectivity index (χ1n) is 9.77. The van der Waals surface area contributed by atoms with Crippen LogP contribution in [0.25, 0.3) is 11.0 Å². The minimum Gasteiger partial charge on any atom is -0.451 e. The predicted octanol–water partition coefficient (Wildman–Crippen LogP) is 4.60. The summed E-state index contributed by atoms with van der Waals surface area (Å²) in [5.41, 5.74) is 2.52. The van der Waals surface area contributed by atoms with Crippen molar-refractivity contribution in [3.8, 4) is 0 Å². The number of anilines is 2. The van der Waals surface area contributed by atoms with Gasteiger partial charge in [0.2, 0.25) is 11.8 Å². The summed E-state index contributed by atoms with van der Waals surface area (Å²) in [5.74, 6) is -0.750. The van der Waals surface area contributed by atoms with E-state index in [9.17, 15) is 14.4 Å². The summed E-state index contributed by atoms with van der Waals surface area (Å²) >= 11 is 3.40. The van der Waals surface area contributed by atoms with Gasteiger partial charge in [-0.3, -0.25) is 19.3 Å². The number of amides is 2. The molecule has 3 rings (SSSR count). The number of nitrogens with one attached hydrogen (secondary N) is 2. The molecule has 1 atom stereocenters.